The molecule has 5 heteroatoms. The third-order valence-corrected chi connectivity index (χ3v) is 3.94. The van der Waals surface area contributed by atoms with E-state index in [1.807, 2.05) is 24.3 Å². The number of methoxy groups -OCH3 is 1. The van der Waals surface area contributed by atoms with E-state index in [0.29, 0.717) is 23.2 Å². The van der Waals surface area contributed by atoms with Crippen molar-refractivity contribution < 1.29 is 9.53 Å². The van der Waals surface area contributed by atoms with Crippen molar-refractivity contribution in [3.05, 3.63) is 60.8 Å². The Balaban J connectivity index is 2.26. The number of nitrogens with zero attached hydrogens (tertiary/aromatic N) is 2. The number of aliphatic imine (C=N–C) groups is 1. The molecule has 0 aromatic heterocycles. The molecule has 2 rings (SSSR count). The van der Waals surface area contributed by atoms with Crippen molar-refractivity contribution >= 4 is 28.9 Å². The van der Waals surface area contributed by atoms with Gasteiger partial charge in [0.2, 0.25) is 0 Å². The maximum absolute atomic E-state index is 12.4. The van der Waals surface area contributed by atoms with E-state index in [-0.39, 0.29) is 5.91 Å². The molecular formula is C17H18N2O2S. The van der Waals surface area contributed by atoms with Crippen LogP contribution in [-0.4, -0.2) is 35.4 Å². The highest BCUT2D eigenvalue weighted by Gasteiger charge is 2.29. The van der Waals surface area contributed by atoms with Gasteiger partial charge in [-0.1, -0.05) is 36.0 Å². The van der Waals surface area contributed by atoms with Crippen LogP contribution in [-0.2, 0) is 4.79 Å². The first-order valence-electron chi connectivity index (χ1n) is 6.80. The number of hydrogen-bond acceptors (Lipinski definition) is 4. The van der Waals surface area contributed by atoms with E-state index in [4.69, 9.17) is 4.74 Å². The van der Waals surface area contributed by atoms with Crippen molar-refractivity contribution in [2.45, 2.75) is 0 Å². The van der Waals surface area contributed by atoms with Gasteiger partial charge in [0.25, 0.3) is 5.91 Å². The van der Waals surface area contributed by atoms with E-state index >= 15 is 0 Å². The highest BCUT2D eigenvalue weighted by Crippen LogP contribution is 2.24. The minimum atomic E-state index is -0.109. The summed E-state index contributed by atoms with van der Waals surface area (Å²) < 4.78 is 5.12. The van der Waals surface area contributed by atoms with Crippen LogP contribution in [0.15, 0.2) is 60.3 Å². The van der Waals surface area contributed by atoms with Crippen molar-refractivity contribution in [1.29, 1.82) is 0 Å². The molecule has 0 radical (unpaired) electrons. The summed E-state index contributed by atoms with van der Waals surface area (Å²) in [6.07, 6.45) is 5.26. The molecule has 22 heavy (non-hydrogen) atoms. The van der Waals surface area contributed by atoms with Crippen LogP contribution < -0.4 is 4.74 Å². The molecule has 4 nitrogen and oxygen atoms in total. The van der Waals surface area contributed by atoms with Crippen LogP contribution in [0.2, 0.25) is 0 Å². The maximum Gasteiger partial charge on any atom is 0.278 e. The lowest BCUT2D eigenvalue weighted by molar-refractivity contribution is -0.122. The molecule has 0 atom stereocenters. The predicted octanol–water partition coefficient (Wildman–Crippen LogP) is 3.34. The number of thioether (sulfide) groups is 1. The number of carbonyl (C=O) groups is 1. The molecule has 0 unspecified atom stereocenters. The zero-order valence-electron chi connectivity index (χ0n) is 12.5. The van der Waals surface area contributed by atoms with Gasteiger partial charge in [0.1, 0.15) is 11.4 Å². The third-order valence-electron chi connectivity index (χ3n) is 2.97. The highest BCUT2D eigenvalue weighted by molar-refractivity contribution is 8.14. The fourth-order valence-electron chi connectivity index (χ4n) is 1.92. The van der Waals surface area contributed by atoms with E-state index in [0.717, 1.165) is 11.3 Å². The molecule has 0 N–H and O–H groups in total. The Labute approximate surface area is 134 Å². The summed E-state index contributed by atoms with van der Waals surface area (Å²) in [6.45, 7) is 7.82. The Kier molecular flexibility index (Phi) is 5.61. The predicted molar refractivity (Wildman–Crippen MR) is 93.0 cm³/mol. The van der Waals surface area contributed by atoms with Crippen molar-refractivity contribution in [3.8, 4) is 5.75 Å². The number of amides is 1. The molecule has 114 valence electrons. The Morgan fingerprint density at radius 2 is 2.00 bits per heavy atom. The Hall–Kier alpha value is -2.27. The maximum atomic E-state index is 12.4. The van der Waals surface area contributed by atoms with E-state index in [1.54, 1.807) is 30.2 Å². The average Bonchev–Trinajstić information content (AvgIpc) is 2.83. The first-order chi connectivity index (χ1) is 10.7. The zero-order valence-corrected chi connectivity index (χ0v) is 13.3. The second-order valence-electron chi connectivity index (χ2n) is 4.50. The zero-order chi connectivity index (χ0) is 15.9. The quantitative estimate of drug-likeness (QED) is 0.597. The summed E-state index contributed by atoms with van der Waals surface area (Å²) >= 11 is 1.48. The number of amidine groups is 1. The first kappa shape index (κ1) is 16.1. The van der Waals surface area contributed by atoms with E-state index in [2.05, 4.69) is 18.2 Å². The standard InChI is InChI=1S/C17H18N2O2S/c1-4-10-19-16(20)15(18-17(19)22-11-5-2)12-13-6-8-14(21-3)9-7-13/h4-9,12H,1-2,10-11H2,3H3/b15-12-. The lowest BCUT2D eigenvalue weighted by atomic mass is 10.2. The molecule has 1 amide bonds. The van der Waals surface area contributed by atoms with Crippen molar-refractivity contribution in [1.82, 2.24) is 4.90 Å². The third kappa shape index (κ3) is 3.68. The monoisotopic (exact) mass is 314 g/mol. The lowest BCUT2D eigenvalue weighted by Gasteiger charge is -2.14. The van der Waals surface area contributed by atoms with Gasteiger partial charge in [-0.25, -0.2) is 4.99 Å². The first-order valence-corrected chi connectivity index (χ1v) is 7.79. The summed E-state index contributed by atoms with van der Waals surface area (Å²) in [6, 6.07) is 7.48. The molecule has 0 saturated heterocycles. The normalized spacial score (nSPS) is 15.9. The van der Waals surface area contributed by atoms with Gasteiger partial charge in [-0.15, -0.1) is 13.2 Å². The fourth-order valence-corrected chi connectivity index (χ4v) is 2.67. The van der Waals surface area contributed by atoms with Crippen LogP contribution in [0.1, 0.15) is 5.56 Å². The SMILES string of the molecule is C=CCSC1=N/C(=C\c2ccc(OC)cc2)C(=O)N1CC=C. The van der Waals surface area contributed by atoms with Crippen LogP contribution >= 0.6 is 11.8 Å². The molecule has 0 aliphatic carbocycles. The molecule has 1 aliphatic rings. The Bertz CT molecular complexity index is 633. The second kappa shape index (κ2) is 7.66. The van der Waals surface area contributed by atoms with Crippen LogP contribution in [0.5, 0.6) is 5.75 Å². The Morgan fingerprint density at radius 1 is 1.27 bits per heavy atom. The van der Waals surface area contributed by atoms with E-state index in [9.17, 15) is 4.79 Å². The number of hydrogen-bond donors (Lipinski definition) is 0. The molecule has 0 fully saturated rings. The van der Waals surface area contributed by atoms with Crippen LogP contribution in [0.25, 0.3) is 6.08 Å². The van der Waals surface area contributed by atoms with Crippen LogP contribution in [0, 0.1) is 0 Å². The van der Waals surface area contributed by atoms with Gasteiger partial charge >= 0.3 is 0 Å². The van der Waals surface area contributed by atoms with E-state index in [1.165, 1.54) is 11.8 Å². The summed E-state index contributed by atoms with van der Waals surface area (Å²) in [7, 11) is 1.62. The second-order valence-corrected chi connectivity index (χ2v) is 5.49. The summed E-state index contributed by atoms with van der Waals surface area (Å²) in [5, 5.41) is 0.685. The van der Waals surface area contributed by atoms with Gasteiger partial charge in [0.05, 0.1) is 7.11 Å². The van der Waals surface area contributed by atoms with Crippen LogP contribution in [0.3, 0.4) is 0 Å². The lowest BCUT2D eigenvalue weighted by Crippen LogP contribution is -2.30. The van der Waals surface area contributed by atoms with Gasteiger partial charge in [-0.05, 0) is 23.8 Å². The van der Waals surface area contributed by atoms with Crippen LogP contribution in [0.4, 0.5) is 0 Å². The van der Waals surface area contributed by atoms with E-state index < -0.39 is 0 Å². The molecule has 1 aromatic carbocycles. The molecule has 0 spiro atoms. The summed E-state index contributed by atoms with van der Waals surface area (Å²) in [5.74, 6) is 1.37. The largest absolute Gasteiger partial charge is 0.497 e. The molecule has 1 aliphatic heterocycles. The van der Waals surface area contributed by atoms with Gasteiger partial charge in [-0.2, -0.15) is 0 Å². The van der Waals surface area contributed by atoms with Crippen molar-refractivity contribution in [2.75, 3.05) is 19.4 Å². The minimum absolute atomic E-state index is 0.109. The fraction of sp³-hybridized carbons (Fsp3) is 0.176. The van der Waals surface area contributed by atoms with Gasteiger partial charge < -0.3 is 4.74 Å². The van der Waals surface area contributed by atoms with Gasteiger partial charge in [0.15, 0.2) is 5.17 Å². The van der Waals surface area contributed by atoms with Gasteiger partial charge in [-0.3, -0.25) is 9.69 Å². The molecule has 0 saturated carbocycles. The highest BCUT2D eigenvalue weighted by atomic mass is 32.2. The topological polar surface area (TPSA) is 41.9 Å². The number of carbonyl (C=O) groups excluding carboxylic acids is 1. The number of rotatable bonds is 6. The van der Waals surface area contributed by atoms with Crippen molar-refractivity contribution in [2.24, 2.45) is 4.99 Å². The average molecular weight is 314 g/mol. The molecule has 0 bridgehead atoms. The minimum Gasteiger partial charge on any atom is -0.497 e. The molecule has 1 aromatic rings. The van der Waals surface area contributed by atoms with Crippen molar-refractivity contribution in [3.63, 3.8) is 0 Å². The smallest absolute Gasteiger partial charge is 0.278 e. The number of benzene rings is 1. The Morgan fingerprint density at radius 3 is 2.59 bits per heavy atom. The summed E-state index contributed by atoms with van der Waals surface area (Å²) in [4.78, 5) is 18.5. The summed E-state index contributed by atoms with van der Waals surface area (Å²) in [5.41, 5.74) is 1.33. The number of ether oxygens (including phenoxy) is 1. The molecular weight excluding hydrogens is 296 g/mol. The van der Waals surface area contributed by atoms with Gasteiger partial charge in [0, 0.05) is 12.3 Å². The molecule has 1 heterocycles.